The molecule has 5 heteroatoms. The second-order valence-electron chi connectivity index (χ2n) is 6.70. The van der Waals surface area contributed by atoms with Gasteiger partial charge in [-0.2, -0.15) is 0 Å². The van der Waals surface area contributed by atoms with Gasteiger partial charge in [-0.15, -0.1) is 6.58 Å². The van der Waals surface area contributed by atoms with Crippen LogP contribution in [0.15, 0.2) is 61.2 Å². The summed E-state index contributed by atoms with van der Waals surface area (Å²) in [6, 6.07) is 15.7. The van der Waals surface area contributed by atoms with Gasteiger partial charge >= 0.3 is 6.09 Å². The molecule has 1 aliphatic carbocycles. The molecule has 1 aliphatic rings. The van der Waals surface area contributed by atoms with Crippen LogP contribution in [0, 0.1) is 5.92 Å². The van der Waals surface area contributed by atoms with Gasteiger partial charge < -0.3 is 10.4 Å². The molecule has 134 valence electrons. The Balaban J connectivity index is 2.26. The van der Waals surface area contributed by atoms with Crippen molar-refractivity contribution in [3.63, 3.8) is 0 Å². The first-order valence-corrected chi connectivity index (χ1v) is 8.77. The van der Waals surface area contributed by atoms with Gasteiger partial charge in [-0.25, -0.2) is 4.79 Å². The van der Waals surface area contributed by atoms with E-state index in [2.05, 4.69) is 11.9 Å². The zero-order valence-electron chi connectivity index (χ0n) is 14.4. The number of carbonyl (C=O) groups is 2. The fourth-order valence-corrected chi connectivity index (χ4v) is 4.45. The summed E-state index contributed by atoms with van der Waals surface area (Å²) in [7, 11) is 0. The second kappa shape index (κ2) is 6.96. The van der Waals surface area contributed by atoms with E-state index in [0.717, 1.165) is 22.3 Å². The largest absolute Gasteiger partial charge is 0.465 e. The van der Waals surface area contributed by atoms with Crippen molar-refractivity contribution in [1.82, 2.24) is 5.32 Å². The van der Waals surface area contributed by atoms with Crippen molar-refractivity contribution < 1.29 is 14.7 Å². The third kappa shape index (κ3) is 2.90. The van der Waals surface area contributed by atoms with Crippen molar-refractivity contribution in [1.29, 1.82) is 0 Å². The Hall–Kier alpha value is -2.59. The molecule has 2 unspecified atom stereocenters. The predicted molar refractivity (Wildman–Crippen MR) is 102 cm³/mol. The number of benzene rings is 2. The lowest BCUT2D eigenvalue weighted by Crippen LogP contribution is -2.56. The first kappa shape index (κ1) is 18.2. The molecule has 0 radical (unpaired) electrons. The monoisotopic (exact) mass is 369 g/mol. The van der Waals surface area contributed by atoms with E-state index in [9.17, 15) is 14.7 Å². The summed E-state index contributed by atoms with van der Waals surface area (Å²) < 4.78 is 0. The minimum Gasteiger partial charge on any atom is -0.465 e. The van der Waals surface area contributed by atoms with E-state index in [1.54, 1.807) is 13.0 Å². The Kier molecular flexibility index (Phi) is 4.88. The number of hydrogen-bond acceptors (Lipinski definition) is 2. The summed E-state index contributed by atoms with van der Waals surface area (Å²) in [6.45, 7) is 5.45. The summed E-state index contributed by atoms with van der Waals surface area (Å²) in [5, 5.41) is 11.5. The highest BCUT2D eigenvalue weighted by atomic mass is 35.5. The number of allylic oxidation sites excluding steroid dienone is 1. The van der Waals surface area contributed by atoms with Gasteiger partial charge in [0.2, 0.25) is 5.24 Å². The van der Waals surface area contributed by atoms with E-state index in [1.807, 2.05) is 48.5 Å². The lowest BCUT2D eigenvalue weighted by molar-refractivity contribution is -0.117. The molecule has 2 aromatic rings. The normalized spacial score (nSPS) is 16.1. The molecule has 2 atom stereocenters. The molecule has 4 nitrogen and oxygen atoms in total. The van der Waals surface area contributed by atoms with Crippen LogP contribution in [0.25, 0.3) is 11.1 Å². The van der Waals surface area contributed by atoms with Crippen LogP contribution in [-0.4, -0.2) is 22.0 Å². The van der Waals surface area contributed by atoms with Crippen molar-refractivity contribution in [2.45, 2.75) is 24.8 Å². The number of carboxylic acid groups (broad SMARTS) is 1. The molecule has 3 rings (SSSR count). The summed E-state index contributed by atoms with van der Waals surface area (Å²) in [5.41, 5.74) is 2.94. The van der Waals surface area contributed by atoms with Crippen LogP contribution >= 0.6 is 11.6 Å². The molecule has 2 aromatic carbocycles. The van der Waals surface area contributed by atoms with Crippen molar-refractivity contribution in [3.8, 4) is 11.1 Å². The number of rotatable bonds is 6. The van der Waals surface area contributed by atoms with Gasteiger partial charge in [-0.3, -0.25) is 4.79 Å². The number of nitrogens with one attached hydrogen (secondary N) is 1. The van der Waals surface area contributed by atoms with Gasteiger partial charge in [0, 0.05) is 5.92 Å². The van der Waals surface area contributed by atoms with E-state index < -0.39 is 22.8 Å². The van der Waals surface area contributed by atoms with Gasteiger partial charge in [-0.1, -0.05) is 54.6 Å². The third-order valence-electron chi connectivity index (χ3n) is 5.21. The fraction of sp³-hybridized carbons (Fsp3) is 0.238. The summed E-state index contributed by atoms with van der Waals surface area (Å²) >= 11 is 5.90. The molecule has 0 saturated heterocycles. The molecule has 0 fully saturated rings. The molecule has 0 aliphatic heterocycles. The van der Waals surface area contributed by atoms with Crippen LogP contribution in [0.4, 0.5) is 4.79 Å². The first-order valence-electron chi connectivity index (χ1n) is 8.39. The average molecular weight is 370 g/mol. The zero-order chi connectivity index (χ0) is 18.9. The molecular weight excluding hydrogens is 350 g/mol. The number of amides is 1. The smallest absolute Gasteiger partial charge is 0.405 e. The summed E-state index contributed by atoms with van der Waals surface area (Å²) in [6.07, 6.45) is 0.681. The number of halogens is 1. The quantitative estimate of drug-likeness (QED) is 0.568. The Morgan fingerprint density at radius 1 is 1.19 bits per heavy atom. The van der Waals surface area contributed by atoms with Crippen molar-refractivity contribution in [3.05, 3.63) is 72.3 Å². The molecule has 26 heavy (non-hydrogen) atoms. The first-order chi connectivity index (χ1) is 12.4. The lowest BCUT2D eigenvalue weighted by Gasteiger charge is -2.41. The molecule has 0 aromatic heterocycles. The van der Waals surface area contributed by atoms with E-state index in [0.29, 0.717) is 0 Å². The van der Waals surface area contributed by atoms with E-state index >= 15 is 0 Å². The van der Waals surface area contributed by atoms with Gasteiger partial charge in [0.05, 0.1) is 11.5 Å². The maximum Gasteiger partial charge on any atom is 0.405 e. The van der Waals surface area contributed by atoms with E-state index in [1.165, 1.54) is 0 Å². The Morgan fingerprint density at radius 3 is 2.12 bits per heavy atom. The highest BCUT2D eigenvalue weighted by molar-refractivity contribution is 6.64. The predicted octanol–water partition coefficient (Wildman–Crippen LogP) is 4.78. The van der Waals surface area contributed by atoms with Crippen LogP contribution in [0.5, 0.6) is 0 Å². The Bertz CT molecular complexity index is 834. The van der Waals surface area contributed by atoms with Crippen LogP contribution < -0.4 is 5.32 Å². The SMILES string of the molecule is C=CCC(C(=O)Cl)C(C)(NC(=O)O)C1c2ccccc2-c2ccccc21. The highest BCUT2D eigenvalue weighted by Gasteiger charge is 2.49. The Morgan fingerprint density at radius 2 is 1.69 bits per heavy atom. The van der Waals surface area contributed by atoms with Crippen LogP contribution in [0.2, 0.25) is 0 Å². The molecule has 0 bridgehead atoms. The van der Waals surface area contributed by atoms with Gasteiger partial charge in [0.25, 0.3) is 0 Å². The summed E-state index contributed by atoms with van der Waals surface area (Å²) in [5.74, 6) is -1.08. The maximum atomic E-state index is 12.2. The minimum absolute atomic E-state index is 0.278. The van der Waals surface area contributed by atoms with E-state index in [-0.39, 0.29) is 12.3 Å². The highest BCUT2D eigenvalue weighted by Crippen LogP contribution is 2.52. The van der Waals surface area contributed by atoms with E-state index in [4.69, 9.17) is 11.6 Å². The fourth-order valence-electron chi connectivity index (χ4n) is 4.13. The molecule has 0 heterocycles. The van der Waals surface area contributed by atoms with Crippen molar-refractivity contribution >= 4 is 22.9 Å². The molecule has 1 amide bonds. The zero-order valence-corrected chi connectivity index (χ0v) is 15.2. The molecular formula is C21H20ClNO3. The lowest BCUT2D eigenvalue weighted by atomic mass is 9.70. The van der Waals surface area contributed by atoms with Crippen molar-refractivity contribution in [2.24, 2.45) is 5.92 Å². The number of hydrogen-bond donors (Lipinski definition) is 2. The molecule has 2 N–H and O–H groups in total. The van der Waals surface area contributed by atoms with Crippen LogP contribution in [0.3, 0.4) is 0 Å². The standard InChI is InChI=1S/C21H20ClNO3/c1-3-8-17(19(22)24)21(2,23-20(25)26)18-15-11-6-4-9-13(15)14-10-5-7-12-16(14)18/h3-7,9-12,17-18,23H,1,8H2,2H3,(H,25,26). The topological polar surface area (TPSA) is 66.4 Å². The number of fused-ring (bicyclic) bond motifs is 3. The Labute approximate surface area is 157 Å². The number of carbonyl (C=O) groups excluding carboxylic acids is 1. The van der Waals surface area contributed by atoms with Crippen LogP contribution in [-0.2, 0) is 4.79 Å². The maximum absolute atomic E-state index is 12.2. The van der Waals surface area contributed by atoms with Gasteiger partial charge in [-0.05, 0) is 47.2 Å². The van der Waals surface area contributed by atoms with Gasteiger partial charge in [0.1, 0.15) is 0 Å². The van der Waals surface area contributed by atoms with Crippen LogP contribution in [0.1, 0.15) is 30.4 Å². The molecule has 0 saturated carbocycles. The second-order valence-corrected chi connectivity index (χ2v) is 7.07. The summed E-state index contributed by atoms with van der Waals surface area (Å²) in [4.78, 5) is 23.9. The molecule has 0 spiro atoms. The third-order valence-corrected chi connectivity index (χ3v) is 5.47. The van der Waals surface area contributed by atoms with Gasteiger partial charge in [0.15, 0.2) is 0 Å². The average Bonchev–Trinajstić information content (AvgIpc) is 2.93. The van der Waals surface area contributed by atoms with Crippen molar-refractivity contribution in [2.75, 3.05) is 0 Å². The minimum atomic E-state index is -1.19.